The van der Waals surface area contributed by atoms with Gasteiger partial charge < -0.3 is 36.2 Å². The Morgan fingerprint density at radius 1 is 0.848 bits per heavy atom. The van der Waals surface area contributed by atoms with E-state index in [-0.39, 0.29) is 37.1 Å². The minimum absolute atomic E-state index is 0.0536. The number of amides is 4. The van der Waals surface area contributed by atoms with Crippen molar-refractivity contribution in [3.05, 3.63) is 54.1 Å². The number of hydrogen-bond donors (Lipinski definition) is 6. The van der Waals surface area contributed by atoms with E-state index in [4.69, 9.17) is 19.7 Å². The lowest BCUT2D eigenvalue weighted by molar-refractivity contribution is -0.192. The standard InChI is InChI=1S/C26H33N5O6.C2HF3O2.C2H6/c1-18-4-2-3-5-22(18)30-26(36)29-20-8-6-19(7-9-20)27-23(32)10-11-24(33)28-21(16-25(34)35)17-31-12-14-37-15-13-31;3-2(4,5)1(6)7;1-2/h2-9,21H,10-17H2,1H3,(H,27,32)(H,28,33)(H,34,35)(H2,29,30,36);(H,6,7);1-2H3. The topological polar surface area (TPSA) is 186 Å². The number of rotatable bonds is 11. The van der Waals surface area contributed by atoms with Gasteiger partial charge >= 0.3 is 24.1 Å². The van der Waals surface area contributed by atoms with Crippen molar-refractivity contribution in [1.29, 1.82) is 0 Å². The maximum Gasteiger partial charge on any atom is 0.490 e. The number of anilines is 3. The van der Waals surface area contributed by atoms with Crippen LogP contribution < -0.4 is 21.3 Å². The molecule has 1 fully saturated rings. The molecule has 1 unspecified atom stereocenters. The van der Waals surface area contributed by atoms with E-state index in [1.807, 2.05) is 45.0 Å². The fourth-order valence-electron chi connectivity index (χ4n) is 3.85. The molecule has 1 aliphatic rings. The molecule has 0 bridgehead atoms. The molecule has 6 N–H and O–H groups in total. The molecule has 2 aromatic carbocycles. The third-order valence-electron chi connectivity index (χ3n) is 6.01. The molecule has 0 radical (unpaired) electrons. The second-order valence-electron chi connectivity index (χ2n) is 9.60. The Morgan fingerprint density at radius 3 is 1.89 bits per heavy atom. The number of carbonyl (C=O) groups is 5. The zero-order valence-corrected chi connectivity index (χ0v) is 25.8. The maximum absolute atomic E-state index is 12.4. The Kier molecular flexibility index (Phi) is 17.4. The van der Waals surface area contributed by atoms with Crippen molar-refractivity contribution in [3.63, 3.8) is 0 Å². The van der Waals surface area contributed by atoms with Gasteiger partial charge in [0.05, 0.1) is 25.7 Å². The molecule has 254 valence electrons. The number of ether oxygens (including phenoxy) is 1. The van der Waals surface area contributed by atoms with Crippen molar-refractivity contribution >= 4 is 46.8 Å². The maximum atomic E-state index is 12.4. The molecule has 1 aliphatic heterocycles. The molecule has 0 aromatic heterocycles. The van der Waals surface area contributed by atoms with Gasteiger partial charge in [0.25, 0.3) is 0 Å². The average Bonchev–Trinajstić information content (AvgIpc) is 2.99. The first-order valence-electron chi connectivity index (χ1n) is 14.4. The number of alkyl halides is 3. The summed E-state index contributed by atoms with van der Waals surface area (Å²) >= 11 is 0. The molecule has 1 atom stereocenters. The van der Waals surface area contributed by atoms with Crippen LogP contribution in [0, 0.1) is 6.92 Å². The van der Waals surface area contributed by atoms with Gasteiger partial charge in [-0.25, -0.2) is 9.59 Å². The molecule has 1 heterocycles. The molecule has 0 aliphatic carbocycles. The van der Waals surface area contributed by atoms with Gasteiger partial charge in [0, 0.05) is 49.5 Å². The largest absolute Gasteiger partial charge is 0.490 e. The summed E-state index contributed by atoms with van der Waals surface area (Å²) in [6, 6.07) is 13.1. The first-order chi connectivity index (χ1) is 21.7. The van der Waals surface area contributed by atoms with Gasteiger partial charge in [0.15, 0.2) is 0 Å². The highest BCUT2D eigenvalue weighted by Crippen LogP contribution is 2.17. The van der Waals surface area contributed by atoms with E-state index >= 15 is 0 Å². The second-order valence-corrected chi connectivity index (χ2v) is 9.60. The summed E-state index contributed by atoms with van der Waals surface area (Å²) in [4.78, 5) is 59.0. The van der Waals surface area contributed by atoms with Gasteiger partial charge in [-0.3, -0.25) is 19.3 Å². The number of nitrogens with one attached hydrogen (secondary N) is 4. The first kappa shape index (κ1) is 39.3. The summed E-state index contributed by atoms with van der Waals surface area (Å²) in [5.41, 5.74) is 2.72. The number of benzene rings is 2. The molecule has 46 heavy (non-hydrogen) atoms. The van der Waals surface area contributed by atoms with Crippen LogP contribution in [0.3, 0.4) is 0 Å². The Bertz CT molecular complexity index is 1290. The molecule has 4 amide bonds. The van der Waals surface area contributed by atoms with Crippen LogP contribution in [-0.2, 0) is 23.9 Å². The number of aliphatic carboxylic acids is 2. The van der Waals surface area contributed by atoms with Crippen LogP contribution in [0.1, 0.15) is 38.7 Å². The van der Waals surface area contributed by atoms with Crippen LogP contribution in [0.15, 0.2) is 48.5 Å². The fraction of sp³-hybridized carbons (Fsp3) is 0.433. The van der Waals surface area contributed by atoms with Crippen LogP contribution >= 0.6 is 0 Å². The molecular weight excluding hydrogens is 615 g/mol. The van der Waals surface area contributed by atoms with Crippen LogP contribution in [0.5, 0.6) is 0 Å². The molecule has 3 rings (SSSR count). The normalized spacial score (nSPS) is 13.3. The summed E-state index contributed by atoms with van der Waals surface area (Å²) in [5.74, 6) is -4.49. The number of carbonyl (C=O) groups excluding carboxylic acids is 3. The van der Waals surface area contributed by atoms with Gasteiger partial charge in [0.2, 0.25) is 11.8 Å². The van der Waals surface area contributed by atoms with Crippen LogP contribution in [0.4, 0.5) is 35.0 Å². The van der Waals surface area contributed by atoms with Gasteiger partial charge in [0.1, 0.15) is 0 Å². The Labute approximate surface area is 264 Å². The van der Waals surface area contributed by atoms with E-state index in [9.17, 15) is 32.3 Å². The third-order valence-corrected chi connectivity index (χ3v) is 6.01. The Hall–Kier alpha value is -4.70. The molecule has 1 saturated heterocycles. The Balaban J connectivity index is 0.00000104. The lowest BCUT2D eigenvalue weighted by atomic mass is 10.1. The van der Waals surface area contributed by atoms with Crippen molar-refractivity contribution in [1.82, 2.24) is 10.2 Å². The highest BCUT2D eigenvalue weighted by molar-refractivity contribution is 6.00. The van der Waals surface area contributed by atoms with Crippen molar-refractivity contribution in [3.8, 4) is 0 Å². The predicted molar refractivity (Wildman–Crippen MR) is 165 cm³/mol. The van der Waals surface area contributed by atoms with Gasteiger partial charge in [-0.2, -0.15) is 13.2 Å². The number of hydrogen-bond acceptors (Lipinski definition) is 7. The van der Waals surface area contributed by atoms with E-state index in [0.29, 0.717) is 49.9 Å². The summed E-state index contributed by atoms with van der Waals surface area (Å²) < 4.78 is 37.0. The highest BCUT2D eigenvalue weighted by atomic mass is 19.4. The SMILES string of the molecule is CC.Cc1ccccc1NC(=O)Nc1ccc(NC(=O)CCC(=O)NC(CC(=O)O)CN2CCOCC2)cc1.O=C(O)C(F)(F)F. The van der Waals surface area contributed by atoms with Crippen LogP contribution in [-0.4, -0.2) is 90.0 Å². The summed E-state index contributed by atoms with van der Waals surface area (Å²) in [6.45, 7) is 8.82. The smallest absolute Gasteiger partial charge is 0.481 e. The summed E-state index contributed by atoms with van der Waals surface area (Å²) in [7, 11) is 0. The number of nitrogens with zero attached hydrogens (tertiary/aromatic N) is 1. The zero-order chi connectivity index (χ0) is 34.7. The molecular formula is C30H40F3N5O8. The van der Waals surface area contributed by atoms with Crippen molar-refractivity contribution in [2.75, 3.05) is 48.8 Å². The number of halogens is 3. The minimum Gasteiger partial charge on any atom is -0.481 e. The summed E-state index contributed by atoms with van der Waals surface area (Å²) in [6.07, 6.45) is -5.40. The predicted octanol–water partition coefficient (Wildman–Crippen LogP) is 4.31. The van der Waals surface area contributed by atoms with E-state index in [1.165, 1.54) is 0 Å². The lowest BCUT2D eigenvalue weighted by Gasteiger charge is -2.30. The number of aryl methyl sites for hydroxylation is 1. The number of carboxylic acid groups (broad SMARTS) is 2. The quantitative estimate of drug-likeness (QED) is 0.205. The van der Waals surface area contributed by atoms with Gasteiger partial charge in [-0.1, -0.05) is 32.0 Å². The van der Waals surface area contributed by atoms with E-state index in [2.05, 4.69) is 26.2 Å². The molecule has 0 spiro atoms. The number of morpholine rings is 1. The summed E-state index contributed by atoms with van der Waals surface area (Å²) in [5, 5.41) is 27.3. The monoisotopic (exact) mass is 655 g/mol. The van der Waals surface area contributed by atoms with E-state index in [1.54, 1.807) is 24.3 Å². The second kappa shape index (κ2) is 20.4. The van der Waals surface area contributed by atoms with E-state index in [0.717, 1.165) is 5.56 Å². The Morgan fingerprint density at radius 2 is 1.37 bits per heavy atom. The van der Waals surface area contributed by atoms with Crippen molar-refractivity contribution < 1.29 is 52.1 Å². The van der Waals surface area contributed by atoms with Crippen LogP contribution in [0.25, 0.3) is 0 Å². The fourth-order valence-corrected chi connectivity index (χ4v) is 3.85. The van der Waals surface area contributed by atoms with Gasteiger partial charge in [-0.15, -0.1) is 0 Å². The average molecular weight is 656 g/mol. The highest BCUT2D eigenvalue weighted by Gasteiger charge is 2.38. The van der Waals surface area contributed by atoms with Gasteiger partial charge in [-0.05, 0) is 42.8 Å². The molecule has 2 aromatic rings. The molecule has 13 nitrogen and oxygen atoms in total. The minimum atomic E-state index is -5.08. The van der Waals surface area contributed by atoms with Crippen molar-refractivity contribution in [2.24, 2.45) is 0 Å². The van der Waals surface area contributed by atoms with Crippen LogP contribution in [0.2, 0.25) is 0 Å². The zero-order valence-electron chi connectivity index (χ0n) is 25.8. The first-order valence-corrected chi connectivity index (χ1v) is 14.4. The molecule has 0 saturated carbocycles. The number of para-hydroxylation sites is 1. The third kappa shape index (κ3) is 16.4. The number of carboxylic acids is 2. The number of urea groups is 1. The van der Waals surface area contributed by atoms with Crippen molar-refractivity contribution in [2.45, 2.75) is 52.3 Å². The van der Waals surface area contributed by atoms with E-state index < -0.39 is 24.2 Å². The lowest BCUT2D eigenvalue weighted by Crippen LogP contribution is -2.48. The molecule has 16 heteroatoms.